The summed E-state index contributed by atoms with van der Waals surface area (Å²) in [6, 6.07) is 5.62. The zero-order chi connectivity index (χ0) is 38.4. The van der Waals surface area contributed by atoms with Crippen molar-refractivity contribution < 1.29 is 41.0 Å². The van der Waals surface area contributed by atoms with Gasteiger partial charge in [0.2, 0.25) is 0 Å². The SMILES string of the molecule is CC(C)(C)OC(=O)Nc1sc2c(F)ccc(-c3c4c(c5c(N6C7CCC6CN(C(=O)OC(C)(C)C)C7)cc(S(C)(=O)=O)nc5c3F)COC4)c2c1C#N. The van der Waals surface area contributed by atoms with Gasteiger partial charge < -0.3 is 24.0 Å². The van der Waals surface area contributed by atoms with Crippen LogP contribution >= 0.6 is 11.3 Å². The van der Waals surface area contributed by atoms with Crippen molar-refractivity contribution in [1.29, 1.82) is 5.26 Å². The summed E-state index contributed by atoms with van der Waals surface area (Å²) in [7, 11) is -3.96. The van der Waals surface area contributed by atoms with E-state index >= 15 is 8.78 Å². The van der Waals surface area contributed by atoms with Crippen molar-refractivity contribution in [3.05, 3.63) is 46.5 Å². The monoisotopic (exact) mass is 767 g/mol. The Morgan fingerprint density at radius 3 is 2.26 bits per heavy atom. The summed E-state index contributed by atoms with van der Waals surface area (Å²) < 4.78 is 76.1. The molecule has 16 heteroatoms. The standard InChI is InChI=1S/C37H39F2N5O7S2/c1-36(2,3)50-34(45)42-33-21(13-40)28-20(10-11-24(38)32(28)52-33)27-22-16-49-17-23(22)29-25(12-26(53(7,47)48)41-31(29)30(27)39)44-18-8-9-19(44)15-43(14-18)35(46)51-37(4,5)6/h10-12,18-19H,8-9,14-17H2,1-7H3,(H,42,45). The van der Waals surface area contributed by atoms with E-state index in [2.05, 4.69) is 21.3 Å². The number of rotatable bonds is 4. The molecule has 280 valence electrons. The number of aromatic nitrogens is 1. The molecule has 2 fully saturated rings. The predicted molar refractivity (Wildman–Crippen MR) is 196 cm³/mol. The number of piperazine rings is 1. The highest BCUT2D eigenvalue weighted by atomic mass is 32.2. The Morgan fingerprint density at radius 2 is 1.66 bits per heavy atom. The lowest BCUT2D eigenvalue weighted by Crippen LogP contribution is -2.56. The summed E-state index contributed by atoms with van der Waals surface area (Å²) in [6.45, 7) is 11.1. The first-order valence-corrected chi connectivity index (χ1v) is 19.8. The molecule has 53 heavy (non-hydrogen) atoms. The number of fused-ring (bicyclic) bond motifs is 6. The van der Waals surface area contributed by atoms with Crippen molar-refractivity contribution in [3.63, 3.8) is 0 Å². The predicted octanol–water partition coefficient (Wildman–Crippen LogP) is 7.64. The lowest BCUT2D eigenvalue weighted by molar-refractivity contribution is 0.0209. The van der Waals surface area contributed by atoms with Gasteiger partial charge in [0.05, 0.1) is 29.2 Å². The highest BCUT2D eigenvalue weighted by Gasteiger charge is 2.44. The molecular formula is C37H39F2N5O7S2. The molecule has 2 bridgehead atoms. The normalized spacial score (nSPS) is 18.7. The third-order valence-corrected chi connectivity index (χ3v) is 11.5. The second-order valence-electron chi connectivity index (χ2n) is 15.6. The molecule has 0 spiro atoms. The van der Waals surface area contributed by atoms with Crippen molar-refractivity contribution in [2.45, 2.75) is 95.9 Å². The number of benzene rings is 2. The summed E-state index contributed by atoms with van der Waals surface area (Å²) in [5.74, 6) is -1.54. The molecule has 5 heterocycles. The van der Waals surface area contributed by atoms with Crippen LogP contribution in [0.1, 0.15) is 71.1 Å². The van der Waals surface area contributed by atoms with Crippen molar-refractivity contribution >= 4 is 65.0 Å². The Morgan fingerprint density at radius 1 is 1.02 bits per heavy atom. The molecule has 2 unspecified atom stereocenters. The van der Waals surface area contributed by atoms with Gasteiger partial charge in [0.15, 0.2) is 20.7 Å². The van der Waals surface area contributed by atoms with Gasteiger partial charge >= 0.3 is 12.2 Å². The minimum Gasteiger partial charge on any atom is -0.444 e. The van der Waals surface area contributed by atoms with E-state index in [9.17, 15) is 23.3 Å². The number of thiophene rings is 1. The van der Waals surface area contributed by atoms with Crippen LogP contribution in [-0.4, -0.2) is 73.1 Å². The van der Waals surface area contributed by atoms with Gasteiger partial charge in [-0.15, -0.1) is 11.3 Å². The highest BCUT2D eigenvalue weighted by Crippen LogP contribution is 2.49. The number of nitrogens with zero attached hydrogens (tertiary/aromatic N) is 4. The number of nitriles is 1. The third-order valence-electron chi connectivity index (χ3n) is 9.44. The number of carbonyl (C=O) groups is 2. The number of nitrogens with one attached hydrogen (secondary N) is 1. The fourth-order valence-electron chi connectivity index (χ4n) is 7.51. The van der Waals surface area contributed by atoms with E-state index in [-0.39, 0.29) is 67.6 Å². The Balaban J connectivity index is 1.43. The van der Waals surface area contributed by atoms with E-state index in [1.807, 2.05) is 0 Å². The number of anilines is 2. The van der Waals surface area contributed by atoms with Crippen LogP contribution in [-0.2, 0) is 37.3 Å². The minimum absolute atomic E-state index is 0.00469. The molecular weight excluding hydrogens is 729 g/mol. The number of hydrogen-bond donors (Lipinski definition) is 1. The minimum atomic E-state index is -3.96. The van der Waals surface area contributed by atoms with Crippen LogP contribution in [0.15, 0.2) is 23.2 Å². The fourth-order valence-corrected chi connectivity index (χ4v) is 9.16. The van der Waals surface area contributed by atoms with Gasteiger partial charge in [-0.25, -0.2) is 31.8 Å². The quantitative estimate of drug-likeness (QED) is 0.220. The summed E-state index contributed by atoms with van der Waals surface area (Å²) >= 11 is 0.819. The van der Waals surface area contributed by atoms with Crippen LogP contribution in [0.25, 0.3) is 32.1 Å². The molecule has 2 aromatic carbocycles. The largest absolute Gasteiger partial charge is 0.444 e. The molecule has 0 radical (unpaired) electrons. The third kappa shape index (κ3) is 6.63. The van der Waals surface area contributed by atoms with Crippen LogP contribution in [0.5, 0.6) is 0 Å². The topological polar surface area (TPSA) is 151 Å². The first kappa shape index (κ1) is 36.8. The Labute approximate surface area is 309 Å². The first-order valence-electron chi connectivity index (χ1n) is 17.1. The van der Waals surface area contributed by atoms with Crippen LogP contribution < -0.4 is 10.2 Å². The van der Waals surface area contributed by atoms with E-state index in [1.165, 1.54) is 12.1 Å². The zero-order valence-corrected chi connectivity index (χ0v) is 32.0. The number of carbonyl (C=O) groups excluding carboxylic acids is 2. The molecule has 3 aliphatic rings. The Kier molecular flexibility index (Phi) is 8.86. The summed E-state index contributed by atoms with van der Waals surface area (Å²) in [5, 5.41) is 13.0. The number of pyridine rings is 1. The van der Waals surface area contributed by atoms with Gasteiger partial charge in [0.25, 0.3) is 0 Å². The van der Waals surface area contributed by atoms with E-state index in [4.69, 9.17) is 14.2 Å². The van der Waals surface area contributed by atoms with Crippen molar-refractivity contribution in [3.8, 4) is 17.2 Å². The second kappa shape index (κ2) is 12.8. The van der Waals surface area contributed by atoms with Crippen LogP contribution in [0.3, 0.4) is 0 Å². The molecule has 0 saturated carbocycles. The smallest absolute Gasteiger partial charge is 0.412 e. The number of hydrogen-bond acceptors (Lipinski definition) is 11. The molecule has 1 N–H and O–H groups in total. The maximum Gasteiger partial charge on any atom is 0.412 e. The molecule has 7 rings (SSSR count). The maximum atomic E-state index is 17.5. The van der Waals surface area contributed by atoms with Crippen molar-refractivity contribution in [2.24, 2.45) is 0 Å². The van der Waals surface area contributed by atoms with Gasteiger partial charge in [0, 0.05) is 47.8 Å². The number of amides is 2. The highest BCUT2D eigenvalue weighted by molar-refractivity contribution is 7.90. The molecule has 12 nitrogen and oxygen atoms in total. The lowest BCUT2D eigenvalue weighted by Gasteiger charge is -2.43. The lowest BCUT2D eigenvalue weighted by atomic mass is 9.89. The maximum absolute atomic E-state index is 17.5. The van der Waals surface area contributed by atoms with Crippen LogP contribution in [0.2, 0.25) is 0 Å². The van der Waals surface area contributed by atoms with Gasteiger partial charge in [-0.1, -0.05) is 6.07 Å². The fraction of sp³-hybridized carbons (Fsp3) is 0.459. The van der Waals surface area contributed by atoms with Crippen LogP contribution in [0.4, 0.5) is 29.1 Å². The van der Waals surface area contributed by atoms with Crippen molar-refractivity contribution in [2.75, 3.05) is 29.6 Å². The summed E-state index contributed by atoms with van der Waals surface area (Å²) in [5.41, 5.74) is -0.161. The molecule has 0 aliphatic carbocycles. The number of sulfone groups is 1. The molecule has 2 amide bonds. The van der Waals surface area contributed by atoms with Gasteiger partial charge in [-0.2, -0.15) is 5.26 Å². The van der Waals surface area contributed by atoms with Crippen molar-refractivity contribution in [1.82, 2.24) is 9.88 Å². The summed E-state index contributed by atoms with van der Waals surface area (Å²) in [4.78, 5) is 33.9. The van der Waals surface area contributed by atoms with Crippen LogP contribution in [0, 0.1) is 23.0 Å². The number of ether oxygens (including phenoxy) is 3. The van der Waals surface area contributed by atoms with E-state index in [1.54, 1.807) is 46.4 Å². The van der Waals surface area contributed by atoms with Gasteiger partial charge in [-0.3, -0.25) is 5.32 Å². The molecule has 2 aromatic heterocycles. The zero-order valence-electron chi connectivity index (χ0n) is 30.3. The molecule has 3 aliphatic heterocycles. The second-order valence-corrected chi connectivity index (χ2v) is 18.6. The van der Waals surface area contributed by atoms with Gasteiger partial charge in [0.1, 0.15) is 33.6 Å². The number of halogens is 2. The first-order chi connectivity index (χ1) is 24.8. The Bertz CT molecular complexity index is 2360. The average Bonchev–Trinajstić information content (AvgIpc) is 3.73. The Hall–Kier alpha value is -4.59. The summed E-state index contributed by atoms with van der Waals surface area (Å²) in [6.07, 6.45) is 1.14. The molecule has 2 saturated heterocycles. The van der Waals surface area contributed by atoms with E-state index < -0.39 is 44.9 Å². The van der Waals surface area contributed by atoms with E-state index in [0.717, 1.165) is 23.7 Å². The van der Waals surface area contributed by atoms with E-state index in [0.29, 0.717) is 48.1 Å². The number of likely N-dealkylation sites (tertiary alicyclic amines) is 1. The molecule has 2 atom stereocenters. The average molecular weight is 768 g/mol. The molecule has 4 aromatic rings. The van der Waals surface area contributed by atoms with Gasteiger partial charge in [-0.05, 0) is 83.2 Å².